The molecule has 0 spiro atoms. The number of aliphatic carboxylic acids is 1. The summed E-state index contributed by atoms with van der Waals surface area (Å²) in [5.41, 5.74) is 0.489. The summed E-state index contributed by atoms with van der Waals surface area (Å²) in [4.78, 5) is 23.2. The van der Waals surface area contributed by atoms with Crippen molar-refractivity contribution in [3.63, 3.8) is 0 Å². The maximum absolute atomic E-state index is 11.9. The SMILES string of the molecule is O=C(CC1CCCO1)NC(C(=O)O)c1ccc(Cl)cc1. The monoisotopic (exact) mass is 297 g/mol. The molecule has 1 aliphatic heterocycles. The van der Waals surface area contributed by atoms with E-state index < -0.39 is 12.0 Å². The van der Waals surface area contributed by atoms with Crippen LogP contribution in [0.15, 0.2) is 24.3 Å². The van der Waals surface area contributed by atoms with Crippen LogP contribution in [-0.4, -0.2) is 29.7 Å². The molecule has 1 aromatic rings. The summed E-state index contributed by atoms with van der Waals surface area (Å²) in [6.07, 6.45) is 1.87. The summed E-state index contributed by atoms with van der Waals surface area (Å²) in [6.45, 7) is 0.664. The van der Waals surface area contributed by atoms with Crippen molar-refractivity contribution in [2.75, 3.05) is 6.61 Å². The van der Waals surface area contributed by atoms with Crippen molar-refractivity contribution in [3.8, 4) is 0 Å². The first-order valence-corrected chi connectivity index (χ1v) is 6.83. The number of carbonyl (C=O) groups is 2. The molecule has 0 aliphatic carbocycles. The largest absolute Gasteiger partial charge is 0.479 e. The molecule has 5 nitrogen and oxygen atoms in total. The summed E-state index contributed by atoms with van der Waals surface area (Å²) in [6, 6.07) is 5.31. The van der Waals surface area contributed by atoms with Gasteiger partial charge in [-0.25, -0.2) is 4.79 Å². The molecule has 1 aromatic carbocycles. The Morgan fingerprint density at radius 1 is 1.40 bits per heavy atom. The van der Waals surface area contributed by atoms with E-state index >= 15 is 0 Å². The van der Waals surface area contributed by atoms with E-state index in [4.69, 9.17) is 16.3 Å². The van der Waals surface area contributed by atoms with E-state index in [1.54, 1.807) is 24.3 Å². The fourth-order valence-electron chi connectivity index (χ4n) is 2.17. The van der Waals surface area contributed by atoms with Crippen LogP contribution < -0.4 is 5.32 Å². The zero-order chi connectivity index (χ0) is 14.5. The standard InChI is InChI=1S/C14H16ClNO4/c15-10-5-3-9(4-6-10)13(14(18)19)16-12(17)8-11-2-1-7-20-11/h3-6,11,13H,1-2,7-8H2,(H,16,17)(H,18,19). The van der Waals surface area contributed by atoms with Gasteiger partial charge in [0.25, 0.3) is 0 Å². The Bertz CT molecular complexity index is 482. The summed E-state index contributed by atoms with van der Waals surface area (Å²) in [5, 5.41) is 12.3. The van der Waals surface area contributed by atoms with Crippen molar-refractivity contribution in [1.29, 1.82) is 0 Å². The number of amides is 1. The van der Waals surface area contributed by atoms with E-state index in [-0.39, 0.29) is 18.4 Å². The fraction of sp³-hybridized carbons (Fsp3) is 0.429. The number of carbonyl (C=O) groups excluding carboxylic acids is 1. The molecule has 0 aromatic heterocycles. The number of rotatable bonds is 5. The molecule has 20 heavy (non-hydrogen) atoms. The second-order valence-electron chi connectivity index (χ2n) is 4.73. The normalized spacial score (nSPS) is 19.6. The van der Waals surface area contributed by atoms with Crippen molar-refractivity contribution in [1.82, 2.24) is 5.32 Å². The van der Waals surface area contributed by atoms with Crippen LogP contribution >= 0.6 is 11.6 Å². The number of halogens is 1. The van der Waals surface area contributed by atoms with Crippen molar-refractivity contribution >= 4 is 23.5 Å². The molecule has 0 bridgehead atoms. The number of carboxylic acid groups (broad SMARTS) is 1. The minimum absolute atomic E-state index is 0.102. The minimum Gasteiger partial charge on any atom is -0.479 e. The second-order valence-corrected chi connectivity index (χ2v) is 5.17. The zero-order valence-corrected chi connectivity index (χ0v) is 11.6. The Morgan fingerprint density at radius 2 is 2.10 bits per heavy atom. The number of benzene rings is 1. The van der Waals surface area contributed by atoms with Crippen molar-refractivity contribution in [2.24, 2.45) is 0 Å². The van der Waals surface area contributed by atoms with Gasteiger partial charge in [-0.3, -0.25) is 4.79 Å². The predicted octanol–water partition coefficient (Wildman–Crippen LogP) is 2.15. The zero-order valence-electron chi connectivity index (χ0n) is 10.8. The van der Waals surface area contributed by atoms with Crippen LogP contribution in [0.2, 0.25) is 5.02 Å². The molecule has 2 rings (SSSR count). The summed E-state index contributed by atoms with van der Waals surface area (Å²) in [5.74, 6) is -1.42. The van der Waals surface area contributed by atoms with E-state index in [1.165, 1.54) is 0 Å². The van der Waals surface area contributed by atoms with Gasteiger partial charge < -0.3 is 15.2 Å². The van der Waals surface area contributed by atoms with Crippen molar-refractivity contribution in [3.05, 3.63) is 34.9 Å². The van der Waals surface area contributed by atoms with Gasteiger partial charge in [0.05, 0.1) is 12.5 Å². The molecule has 1 aliphatic rings. The fourth-order valence-corrected chi connectivity index (χ4v) is 2.30. The highest BCUT2D eigenvalue weighted by Crippen LogP contribution is 2.19. The number of nitrogens with one attached hydrogen (secondary N) is 1. The third-order valence-corrected chi connectivity index (χ3v) is 3.44. The highest BCUT2D eigenvalue weighted by molar-refractivity contribution is 6.30. The van der Waals surface area contributed by atoms with Crippen LogP contribution in [0, 0.1) is 0 Å². The molecule has 1 saturated heterocycles. The van der Waals surface area contributed by atoms with Crippen LogP contribution in [0.3, 0.4) is 0 Å². The van der Waals surface area contributed by atoms with Gasteiger partial charge in [0.2, 0.25) is 5.91 Å². The van der Waals surface area contributed by atoms with Gasteiger partial charge in [-0.1, -0.05) is 23.7 Å². The lowest BCUT2D eigenvalue weighted by molar-refractivity contribution is -0.142. The summed E-state index contributed by atoms with van der Waals surface area (Å²) >= 11 is 5.76. The molecule has 1 fully saturated rings. The number of hydrogen-bond acceptors (Lipinski definition) is 3. The van der Waals surface area contributed by atoms with Crippen molar-refractivity contribution in [2.45, 2.75) is 31.4 Å². The van der Waals surface area contributed by atoms with E-state index in [9.17, 15) is 14.7 Å². The first-order chi connectivity index (χ1) is 9.56. The van der Waals surface area contributed by atoms with Gasteiger partial charge in [-0.2, -0.15) is 0 Å². The van der Waals surface area contributed by atoms with Gasteiger partial charge >= 0.3 is 5.97 Å². The first-order valence-electron chi connectivity index (χ1n) is 6.45. The topological polar surface area (TPSA) is 75.6 Å². The van der Waals surface area contributed by atoms with Crippen LogP contribution in [0.1, 0.15) is 30.9 Å². The summed E-state index contributed by atoms with van der Waals surface area (Å²) < 4.78 is 5.36. The highest BCUT2D eigenvalue weighted by atomic mass is 35.5. The Morgan fingerprint density at radius 3 is 2.65 bits per heavy atom. The lowest BCUT2D eigenvalue weighted by Crippen LogP contribution is -2.35. The Balaban J connectivity index is 1.99. The lowest BCUT2D eigenvalue weighted by atomic mass is 10.1. The third-order valence-electron chi connectivity index (χ3n) is 3.19. The van der Waals surface area contributed by atoms with Crippen molar-refractivity contribution < 1.29 is 19.4 Å². The van der Waals surface area contributed by atoms with Crippen LogP contribution in [0.4, 0.5) is 0 Å². The average Bonchev–Trinajstić information content (AvgIpc) is 2.90. The average molecular weight is 298 g/mol. The van der Waals surface area contributed by atoms with Gasteiger partial charge in [0, 0.05) is 11.6 Å². The van der Waals surface area contributed by atoms with Crippen LogP contribution in [-0.2, 0) is 14.3 Å². The third kappa shape index (κ3) is 3.95. The molecule has 6 heteroatoms. The van der Waals surface area contributed by atoms with E-state index in [0.717, 1.165) is 12.8 Å². The molecule has 2 atom stereocenters. The van der Waals surface area contributed by atoms with E-state index in [2.05, 4.69) is 5.32 Å². The smallest absolute Gasteiger partial charge is 0.330 e. The van der Waals surface area contributed by atoms with E-state index in [1.807, 2.05) is 0 Å². The molecule has 108 valence electrons. The maximum Gasteiger partial charge on any atom is 0.330 e. The predicted molar refractivity (Wildman–Crippen MR) is 73.6 cm³/mol. The molecule has 0 radical (unpaired) electrons. The second kappa shape index (κ2) is 6.72. The number of carboxylic acids is 1. The van der Waals surface area contributed by atoms with Gasteiger partial charge in [-0.15, -0.1) is 0 Å². The minimum atomic E-state index is -1.10. The summed E-state index contributed by atoms with van der Waals surface area (Å²) in [7, 11) is 0. The molecular formula is C14H16ClNO4. The molecule has 1 amide bonds. The van der Waals surface area contributed by atoms with Gasteiger partial charge in [-0.05, 0) is 30.5 Å². The molecule has 1 heterocycles. The highest BCUT2D eigenvalue weighted by Gasteiger charge is 2.25. The maximum atomic E-state index is 11.9. The number of hydrogen-bond donors (Lipinski definition) is 2. The number of ether oxygens (including phenoxy) is 1. The van der Waals surface area contributed by atoms with Crippen LogP contribution in [0.25, 0.3) is 0 Å². The first kappa shape index (κ1) is 14.8. The Kier molecular flexibility index (Phi) is 4.98. The Hall–Kier alpha value is -1.59. The molecule has 2 unspecified atom stereocenters. The Labute approximate surface area is 121 Å². The molecule has 2 N–H and O–H groups in total. The molecule has 0 saturated carbocycles. The van der Waals surface area contributed by atoms with E-state index in [0.29, 0.717) is 17.2 Å². The lowest BCUT2D eigenvalue weighted by Gasteiger charge is -2.16. The van der Waals surface area contributed by atoms with Gasteiger partial charge in [0.15, 0.2) is 6.04 Å². The van der Waals surface area contributed by atoms with Crippen LogP contribution in [0.5, 0.6) is 0 Å². The molecular weight excluding hydrogens is 282 g/mol. The van der Waals surface area contributed by atoms with Gasteiger partial charge in [0.1, 0.15) is 0 Å². The quantitative estimate of drug-likeness (QED) is 0.873.